The Balaban J connectivity index is 3.42. The average Bonchev–Trinajstić information content (AvgIpc) is 1.82. The summed E-state index contributed by atoms with van der Waals surface area (Å²) < 4.78 is 1.58. The van der Waals surface area contributed by atoms with E-state index in [0.29, 0.717) is 5.82 Å². The van der Waals surface area contributed by atoms with Crippen molar-refractivity contribution in [3.8, 4) is 0 Å². The summed E-state index contributed by atoms with van der Waals surface area (Å²) in [5.74, 6) is 0.697. The van der Waals surface area contributed by atoms with Crippen LogP contribution in [0.5, 0.6) is 0 Å². The third-order valence-corrected chi connectivity index (χ3v) is 1.60. The van der Waals surface area contributed by atoms with Gasteiger partial charge < -0.3 is 0 Å². The molecule has 0 saturated heterocycles. The number of rotatable bonds is 0. The second-order valence-corrected chi connectivity index (χ2v) is 3.71. The van der Waals surface area contributed by atoms with Crippen molar-refractivity contribution in [3.05, 3.63) is 22.6 Å². The SMILES string of the molecule is Cc1ncnc(=O)n1C(C)(C)C. The fraction of sp³-hybridized carbons (Fsp3) is 0.625. The average molecular weight is 167 g/mol. The normalized spacial score (nSPS) is 11.7. The molecular weight excluding hydrogens is 154 g/mol. The first-order valence-electron chi connectivity index (χ1n) is 3.84. The highest BCUT2D eigenvalue weighted by Gasteiger charge is 2.17. The third kappa shape index (κ3) is 1.52. The van der Waals surface area contributed by atoms with Gasteiger partial charge in [-0.3, -0.25) is 4.57 Å². The summed E-state index contributed by atoms with van der Waals surface area (Å²) in [6.45, 7) is 7.65. The molecule has 0 amide bonds. The highest BCUT2D eigenvalue weighted by atomic mass is 16.1. The highest BCUT2D eigenvalue weighted by Crippen LogP contribution is 2.10. The Morgan fingerprint density at radius 3 is 2.25 bits per heavy atom. The highest BCUT2D eigenvalue weighted by molar-refractivity contribution is 4.89. The molecule has 0 aliphatic carbocycles. The molecule has 0 atom stereocenters. The molecule has 0 aromatic carbocycles. The second kappa shape index (κ2) is 2.69. The molecule has 0 spiro atoms. The van der Waals surface area contributed by atoms with Gasteiger partial charge in [0.05, 0.1) is 0 Å². The number of aryl methyl sites for hydroxylation is 1. The first kappa shape index (κ1) is 8.90. The molecule has 1 rings (SSSR count). The standard InChI is InChI=1S/C8H13N3O/c1-6-9-5-10-7(12)11(6)8(2,3)4/h5H,1-4H3. The van der Waals surface area contributed by atoms with Gasteiger partial charge in [0.2, 0.25) is 0 Å². The summed E-state index contributed by atoms with van der Waals surface area (Å²) in [4.78, 5) is 18.9. The first-order valence-corrected chi connectivity index (χ1v) is 3.84. The second-order valence-electron chi connectivity index (χ2n) is 3.71. The molecule has 0 fully saturated rings. The minimum Gasteiger partial charge on any atom is -0.275 e. The Bertz CT molecular complexity index is 335. The lowest BCUT2D eigenvalue weighted by Gasteiger charge is -2.22. The lowest BCUT2D eigenvalue weighted by Crippen LogP contribution is -2.37. The molecule has 0 bridgehead atoms. The predicted octanol–water partition coefficient (Wildman–Crippen LogP) is 0.702. The maximum Gasteiger partial charge on any atom is 0.350 e. The van der Waals surface area contributed by atoms with E-state index in [4.69, 9.17) is 0 Å². The van der Waals surface area contributed by atoms with Gasteiger partial charge in [-0.25, -0.2) is 9.78 Å². The van der Waals surface area contributed by atoms with Gasteiger partial charge >= 0.3 is 5.69 Å². The quantitative estimate of drug-likeness (QED) is 0.571. The van der Waals surface area contributed by atoms with Gasteiger partial charge in [-0.1, -0.05) is 0 Å². The molecule has 0 radical (unpaired) electrons. The van der Waals surface area contributed by atoms with E-state index < -0.39 is 0 Å². The number of aromatic nitrogens is 3. The van der Waals surface area contributed by atoms with Crippen LogP contribution in [-0.4, -0.2) is 14.5 Å². The zero-order chi connectivity index (χ0) is 9.35. The van der Waals surface area contributed by atoms with Crippen molar-refractivity contribution in [2.24, 2.45) is 0 Å². The molecule has 1 aromatic heterocycles. The molecule has 12 heavy (non-hydrogen) atoms. The molecule has 0 N–H and O–H groups in total. The van der Waals surface area contributed by atoms with Crippen molar-refractivity contribution in [2.45, 2.75) is 33.2 Å². The van der Waals surface area contributed by atoms with Gasteiger partial charge in [0, 0.05) is 5.54 Å². The Morgan fingerprint density at radius 2 is 1.92 bits per heavy atom. The van der Waals surface area contributed by atoms with E-state index in [1.54, 1.807) is 11.5 Å². The minimum atomic E-state index is -0.248. The zero-order valence-corrected chi connectivity index (χ0v) is 7.83. The summed E-state index contributed by atoms with van der Waals surface area (Å²) in [7, 11) is 0. The predicted molar refractivity (Wildman–Crippen MR) is 46.0 cm³/mol. The first-order chi connectivity index (χ1) is 5.43. The van der Waals surface area contributed by atoms with Gasteiger partial charge in [-0.15, -0.1) is 0 Å². The van der Waals surface area contributed by atoms with Crippen LogP contribution in [0.15, 0.2) is 11.1 Å². The molecular formula is C8H13N3O. The van der Waals surface area contributed by atoms with E-state index in [9.17, 15) is 4.79 Å². The van der Waals surface area contributed by atoms with E-state index in [-0.39, 0.29) is 11.2 Å². The Kier molecular flexibility index (Phi) is 2.00. The maximum absolute atomic E-state index is 11.3. The fourth-order valence-electron chi connectivity index (χ4n) is 1.19. The van der Waals surface area contributed by atoms with Crippen molar-refractivity contribution >= 4 is 0 Å². The molecule has 1 aromatic rings. The smallest absolute Gasteiger partial charge is 0.275 e. The van der Waals surface area contributed by atoms with E-state index in [0.717, 1.165) is 0 Å². The summed E-state index contributed by atoms with van der Waals surface area (Å²) in [5.41, 5.74) is -0.488. The van der Waals surface area contributed by atoms with Crippen LogP contribution in [0.3, 0.4) is 0 Å². The van der Waals surface area contributed by atoms with Crippen LogP contribution in [0.25, 0.3) is 0 Å². The van der Waals surface area contributed by atoms with Crippen LogP contribution >= 0.6 is 0 Å². The van der Waals surface area contributed by atoms with Gasteiger partial charge in [0.15, 0.2) is 0 Å². The van der Waals surface area contributed by atoms with Gasteiger partial charge in [0.25, 0.3) is 0 Å². The van der Waals surface area contributed by atoms with Crippen molar-refractivity contribution in [3.63, 3.8) is 0 Å². The van der Waals surface area contributed by atoms with Crippen molar-refractivity contribution < 1.29 is 0 Å². The number of hydrogen-bond acceptors (Lipinski definition) is 3. The molecule has 0 saturated carbocycles. The minimum absolute atomic E-state index is 0.241. The third-order valence-electron chi connectivity index (χ3n) is 1.60. The monoisotopic (exact) mass is 167 g/mol. The van der Waals surface area contributed by atoms with Crippen LogP contribution < -0.4 is 5.69 Å². The largest absolute Gasteiger partial charge is 0.350 e. The topological polar surface area (TPSA) is 47.8 Å². The fourth-order valence-corrected chi connectivity index (χ4v) is 1.19. The molecule has 66 valence electrons. The molecule has 0 aliphatic rings. The molecule has 0 unspecified atom stereocenters. The van der Waals surface area contributed by atoms with E-state index in [1.807, 2.05) is 20.8 Å². The Labute approximate surface area is 71.3 Å². The van der Waals surface area contributed by atoms with Crippen LogP contribution in [0.4, 0.5) is 0 Å². The van der Waals surface area contributed by atoms with E-state index >= 15 is 0 Å². The van der Waals surface area contributed by atoms with Gasteiger partial charge in [-0.05, 0) is 27.7 Å². The lowest BCUT2D eigenvalue weighted by molar-refractivity contribution is 0.361. The molecule has 0 aliphatic heterocycles. The van der Waals surface area contributed by atoms with Gasteiger partial charge in [0.1, 0.15) is 12.2 Å². The molecule has 4 heteroatoms. The molecule has 4 nitrogen and oxygen atoms in total. The molecule has 1 heterocycles. The summed E-state index contributed by atoms with van der Waals surface area (Å²) in [6, 6.07) is 0. The lowest BCUT2D eigenvalue weighted by atomic mass is 10.1. The van der Waals surface area contributed by atoms with Crippen LogP contribution in [0.1, 0.15) is 26.6 Å². The maximum atomic E-state index is 11.3. The van der Waals surface area contributed by atoms with Crippen molar-refractivity contribution in [1.29, 1.82) is 0 Å². The Hall–Kier alpha value is -1.19. The number of hydrogen-bond donors (Lipinski definition) is 0. The Morgan fingerprint density at radius 1 is 1.33 bits per heavy atom. The number of nitrogens with zero attached hydrogens (tertiary/aromatic N) is 3. The van der Waals surface area contributed by atoms with E-state index in [2.05, 4.69) is 9.97 Å². The van der Waals surface area contributed by atoms with Crippen LogP contribution in [0, 0.1) is 6.92 Å². The van der Waals surface area contributed by atoms with E-state index in [1.165, 1.54) is 6.33 Å². The van der Waals surface area contributed by atoms with Crippen molar-refractivity contribution in [1.82, 2.24) is 14.5 Å². The summed E-state index contributed by atoms with van der Waals surface area (Å²) in [5, 5.41) is 0. The summed E-state index contributed by atoms with van der Waals surface area (Å²) >= 11 is 0. The van der Waals surface area contributed by atoms with Crippen molar-refractivity contribution in [2.75, 3.05) is 0 Å². The summed E-state index contributed by atoms with van der Waals surface area (Å²) in [6.07, 6.45) is 1.29. The van der Waals surface area contributed by atoms with Crippen LogP contribution in [-0.2, 0) is 5.54 Å². The zero-order valence-electron chi connectivity index (χ0n) is 7.83. The van der Waals surface area contributed by atoms with Gasteiger partial charge in [-0.2, -0.15) is 4.98 Å². The van der Waals surface area contributed by atoms with Crippen LogP contribution in [0.2, 0.25) is 0 Å².